The molecule has 5 heteroatoms. The molecule has 4 nitrogen and oxygen atoms in total. The van der Waals surface area contributed by atoms with E-state index in [4.69, 9.17) is 4.74 Å². The lowest BCUT2D eigenvalue weighted by molar-refractivity contribution is 0.483. The summed E-state index contributed by atoms with van der Waals surface area (Å²) < 4.78 is 6.75. The van der Waals surface area contributed by atoms with E-state index in [1.54, 1.807) is 6.20 Å². The van der Waals surface area contributed by atoms with Crippen LogP contribution in [0.1, 0.15) is 5.56 Å². The molecule has 1 N–H and O–H groups in total. The van der Waals surface area contributed by atoms with Crippen molar-refractivity contribution in [3.63, 3.8) is 0 Å². The smallest absolute Gasteiger partial charge is 0.127 e. The van der Waals surface area contributed by atoms with Gasteiger partial charge in [0, 0.05) is 21.7 Å². The van der Waals surface area contributed by atoms with Gasteiger partial charge in [-0.1, -0.05) is 34.1 Å². The zero-order chi connectivity index (χ0) is 18.6. The average Bonchev–Trinajstić information content (AvgIpc) is 2.70. The number of benzene rings is 3. The Morgan fingerprint density at radius 1 is 0.926 bits per heavy atom. The second-order valence-corrected chi connectivity index (χ2v) is 6.80. The zero-order valence-electron chi connectivity index (χ0n) is 14.2. The van der Waals surface area contributed by atoms with Crippen LogP contribution in [-0.2, 0) is 0 Å². The third-order valence-electron chi connectivity index (χ3n) is 4.05. The number of para-hydroxylation sites is 1. The minimum atomic E-state index is 0.491. The molecule has 0 aliphatic carbocycles. The minimum absolute atomic E-state index is 0.491. The monoisotopic (exact) mass is 415 g/mol. The number of nitrogens with one attached hydrogen (secondary N) is 1. The first-order valence-electron chi connectivity index (χ1n) is 8.31. The second-order valence-electron chi connectivity index (χ2n) is 5.88. The molecule has 0 radical (unpaired) electrons. The number of rotatable bonds is 4. The number of halogens is 1. The summed E-state index contributed by atoms with van der Waals surface area (Å²) in [6.45, 7) is 0. The van der Waals surface area contributed by atoms with Crippen LogP contribution in [0.4, 0.5) is 11.4 Å². The Labute approximate surface area is 165 Å². The molecule has 1 aromatic heterocycles. The number of ether oxygens (including phenoxy) is 1. The predicted octanol–water partition coefficient (Wildman–Crippen LogP) is 6.40. The van der Waals surface area contributed by atoms with Gasteiger partial charge in [-0.3, -0.25) is 4.98 Å². The number of fused-ring (bicyclic) bond motifs is 1. The van der Waals surface area contributed by atoms with Crippen LogP contribution in [0.5, 0.6) is 11.5 Å². The van der Waals surface area contributed by atoms with Crippen LogP contribution in [0.2, 0.25) is 0 Å². The third kappa shape index (κ3) is 3.76. The Kier molecular flexibility index (Phi) is 4.73. The zero-order valence-corrected chi connectivity index (χ0v) is 15.8. The van der Waals surface area contributed by atoms with Gasteiger partial charge in [-0.05, 0) is 54.6 Å². The number of nitriles is 1. The predicted molar refractivity (Wildman–Crippen MR) is 110 cm³/mol. The largest absolute Gasteiger partial charge is 0.457 e. The first kappa shape index (κ1) is 17.1. The van der Waals surface area contributed by atoms with E-state index >= 15 is 0 Å². The van der Waals surface area contributed by atoms with Gasteiger partial charge in [0.25, 0.3) is 0 Å². The lowest BCUT2D eigenvalue weighted by Crippen LogP contribution is -1.97. The first-order valence-corrected chi connectivity index (χ1v) is 9.10. The molecule has 0 spiro atoms. The van der Waals surface area contributed by atoms with Crippen molar-refractivity contribution in [1.29, 1.82) is 5.26 Å². The maximum atomic E-state index is 9.47. The normalized spacial score (nSPS) is 10.4. The molecule has 4 rings (SSSR count). The van der Waals surface area contributed by atoms with Gasteiger partial charge in [0.2, 0.25) is 0 Å². The molecule has 0 saturated carbocycles. The van der Waals surface area contributed by atoms with Gasteiger partial charge in [0.05, 0.1) is 16.8 Å². The second kappa shape index (κ2) is 7.48. The maximum Gasteiger partial charge on any atom is 0.127 e. The molecule has 0 unspecified atom stereocenters. The van der Waals surface area contributed by atoms with E-state index in [-0.39, 0.29) is 0 Å². The van der Waals surface area contributed by atoms with Gasteiger partial charge in [-0.25, -0.2) is 0 Å². The fourth-order valence-corrected chi connectivity index (χ4v) is 3.12. The van der Waals surface area contributed by atoms with Crippen LogP contribution in [-0.4, -0.2) is 4.98 Å². The van der Waals surface area contributed by atoms with E-state index in [1.807, 2.05) is 72.8 Å². The molecule has 0 aliphatic rings. The molecule has 0 fully saturated rings. The maximum absolute atomic E-state index is 9.47. The van der Waals surface area contributed by atoms with Crippen molar-refractivity contribution >= 4 is 38.2 Å². The van der Waals surface area contributed by atoms with Gasteiger partial charge < -0.3 is 10.1 Å². The Bertz CT molecular complexity index is 1140. The summed E-state index contributed by atoms with van der Waals surface area (Å²) in [5.74, 6) is 1.53. The fraction of sp³-hybridized carbons (Fsp3) is 0. The summed E-state index contributed by atoms with van der Waals surface area (Å²) in [7, 11) is 0. The first-order chi connectivity index (χ1) is 13.2. The van der Waals surface area contributed by atoms with Gasteiger partial charge in [-0.15, -0.1) is 0 Å². The van der Waals surface area contributed by atoms with Gasteiger partial charge in [0.1, 0.15) is 17.6 Å². The van der Waals surface area contributed by atoms with Crippen LogP contribution >= 0.6 is 15.9 Å². The molecule has 3 aromatic carbocycles. The van der Waals surface area contributed by atoms with E-state index in [0.717, 1.165) is 38.2 Å². The summed E-state index contributed by atoms with van der Waals surface area (Å²) in [4.78, 5) is 4.35. The number of pyridine rings is 1. The number of hydrogen-bond acceptors (Lipinski definition) is 4. The van der Waals surface area contributed by atoms with Gasteiger partial charge >= 0.3 is 0 Å². The number of hydrogen-bond donors (Lipinski definition) is 1. The van der Waals surface area contributed by atoms with E-state index in [0.29, 0.717) is 5.56 Å². The summed E-state index contributed by atoms with van der Waals surface area (Å²) in [6, 6.07) is 25.3. The Hall–Kier alpha value is -3.36. The summed E-state index contributed by atoms with van der Waals surface area (Å²) in [5.41, 5.74) is 2.91. The van der Waals surface area contributed by atoms with E-state index < -0.39 is 0 Å². The number of anilines is 2. The Morgan fingerprint density at radius 3 is 2.41 bits per heavy atom. The molecule has 4 aromatic rings. The van der Waals surface area contributed by atoms with E-state index in [2.05, 4.69) is 32.3 Å². The highest BCUT2D eigenvalue weighted by molar-refractivity contribution is 9.10. The summed E-state index contributed by atoms with van der Waals surface area (Å²) in [6.07, 6.45) is 1.59. The molecule has 0 aliphatic heterocycles. The highest BCUT2D eigenvalue weighted by Crippen LogP contribution is 2.31. The third-order valence-corrected chi connectivity index (χ3v) is 4.55. The fourth-order valence-electron chi connectivity index (χ4n) is 2.76. The standard InChI is InChI=1S/C22H14BrN3O/c23-16-6-11-21-20(12-16)22(15(13-24)14-25-21)26-17-7-9-19(10-8-17)27-18-4-2-1-3-5-18/h1-12,14H,(H,25,26). The Balaban J connectivity index is 1.64. The number of aromatic nitrogens is 1. The molecule has 1 heterocycles. The lowest BCUT2D eigenvalue weighted by Gasteiger charge is -2.12. The quantitative estimate of drug-likeness (QED) is 0.418. The van der Waals surface area contributed by atoms with E-state index in [9.17, 15) is 5.26 Å². The van der Waals surface area contributed by atoms with Crippen molar-refractivity contribution in [2.24, 2.45) is 0 Å². The molecule has 0 bridgehead atoms. The molecule has 0 atom stereocenters. The van der Waals surface area contributed by atoms with Crippen LogP contribution in [0.25, 0.3) is 10.9 Å². The topological polar surface area (TPSA) is 57.9 Å². The summed E-state index contributed by atoms with van der Waals surface area (Å²) >= 11 is 3.48. The molecule has 27 heavy (non-hydrogen) atoms. The molecule has 0 amide bonds. The van der Waals surface area contributed by atoms with Crippen molar-refractivity contribution in [3.8, 4) is 17.6 Å². The van der Waals surface area contributed by atoms with Crippen LogP contribution in [0.15, 0.2) is 83.5 Å². The highest BCUT2D eigenvalue weighted by atomic mass is 79.9. The highest BCUT2D eigenvalue weighted by Gasteiger charge is 2.10. The molecular weight excluding hydrogens is 402 g/mol. The van der Waals surface area contributed by atoms with Crippen molar-refractivity contribution in [2.75, 3.05) is 5.32 Å². The van der Waals surface area contributed by atoms with Crippen LogP contribution < -0.4 is 10.1 Å². The van der Waals surface area contributed by atoms with Gasteiger partial charge in [-0.2, -0.15) is 5.26 Å². The molecular formula is C22H14BrN3O. The molecule has 130 valence electrons. The molecule has 0 saturated heterocycles. The van der Waals surface area contributed by atoms with Crippen molar-refractivity contribution in [2.45, 2.75) is 0 Å². The minimum Gasteiger partial charge on any atom is -0.457 e. The number of nitrogens with zero attached hydrogens (tertiary/aromatic N) is 2. The van der Waals surface area contributed by atoms with Crippen molar-refractivity contribution in [3.05, 3.63) is 89.0 Å². The Morgan fingerprint density at radius 2 is 1.67 bits per heavy atom. The SMILES string of the molecule is N#Cc1cnc2ccc(Br)cc2c1Nc1ccc(Oc2ccccc2)cc1. The van der Waals surface area contributed by atoms with Crippen LogP contribution in [0.3, 0.4) is 0 Å². The van der Waals surface area contributed by atoms with E-state index in [1.165, 1.54) is 0 Å². The van der Waals surface area contributed by atoms with Crippen molar-refractivity contribution in [1.82, 2.24) is 4.98 Å². The van der Waals surface area contributed by atoms with Crippen LogP contribution in [0, 0.1) is 11.3 Å². The lowest BCUT2D eigenvalue weighted by atomic mass is 10.1. The van der Waals surface area contributed by atoms with Crippen molar-refractivity contribution < 1.29 is 4.74 Å². The van der Waals surface area contributed by atoms with Gasteiger partial charge in [0.15, 0.2) is 0 Å². The average molecular weight is 416 g/mol. The summed E-state index contributed by atoms with van der Waals surface area (Å²) in [5, 5.41) is 13.7.